The lowest BCUT2D eigenvalue weighted by Crippen LogP contribution is -2.35. The third-order valence-corrected chi connectivity index (χ3v) is 3.62. The van der Waals surface area contributed by atoms with Crippen LogP contribution >= 0.6 is 0 Å². The Morgan fingerprint density at radius 2 is 2.00 bits per heavy atom. The molecule has 0 spiro atoms. The lowest BCUT2D eigenvalue weighted by atomic mass is 9.73. The number of hydrogen-bond donors (Lipinski definition) is 1. The highest BCUT2D eigenvalue weighted by Crippen LogP contribution is 2.38. The van der Waals surface area contributed by atoms with Crippen LogP contribution in [0.5, 0.6) is 0 Å². The highest BCUT2D eigenvalue weighted by Gasteiger charge is 2.38. The van der Waals surface area contributed by atoms with Gasteiger partial charge < -0.3 is 9.84 Å². The molecule has 1 fully saturated rings. The smallest absolute Gasteiger partial charge is 0.309 e. The Balaban J connectivity index is 2.29. The largest absolute Gasteiger partial charge is 0.469 e. The number of aliphatic hydroxyl groups excluding tert-OH is 1. The van der Waals surface area contributed by atoms with E-state index in [0.717, 1.165) is 12.0 Å². The summed E-state index contributed by atoms with van der Waals surface area (Å²) in [4.78, 5) is 11.8. The van der Waals surface area contributed by atoms with Crippen LogP contribution in [0.3, 0.4) is 0 Å². The van der Waals surface area contributed by atoms with E-state index in [0.29, 0.717) is 12.8 Å². The first-order valence-corrected chi connectivity index (χ1v) is 6.15. The molecule has 0 heterocycles. The lowest BCUT2D eigenvalue weighted by Gasteiger charge is -2.34. The van der Waals surface area contributed by atoms with Crippen molar-refractivity contribution in [3.05, 3.63) is 35.6 Å². The average molecular weight is 252 g/mol. The van der Waals surface area contributed by atoms with Gasteiger partial charge in [0.15, 0.2) is 0 Å². The minimum Gasteiger partial charge on any atom is -0.469 e. The topological polar surface area (TPSA) is 46.5 Å². The maximum absolute atomic E-state index is 12.9. The molecule has 0 unspecified atom stereocenters. The molecule has 1 N–H and O–H groups in total. The summed E-state index contributed by atoms with van der Waals surface area (Å²) in [5, 5.41) is 10.1. The van der Waals surface area contributed by atoms with Crippen molar-refractivity contribution < 1.29 is 19.0 Å². The van der Waals surface area contributed by atoms with Gasteiger partial charge in [0.25, 0.3) is 0 Å². The third kappa shape index (κ3) is 2.53. The Morgan fingerprint density at radius 3 is 2.61 bits per heavy atom. The predicted molar refractivity (Wildman–Crippen MR) is 64.5 cm³/mol. The van der Waals surface area contributed by atoms with E-state index in [1.165, 1.54) is 19.2 Å². The van der Waals surface area contributed by atoms with Crippen LogP contribution in [0.25, 0.3) is 0 Å². The van der Waals surface area contributed by atoms with Crippen LogP contribution in [0, 0.1) is 11.7 Å². The third-order valence-electron chi connectivity index (χ3n) is 3.62. The number of halogens is 1. The second-order valence-electron chi connectivity index (χ2n) is 4.71. The van der Waals surface area contributed by atoms with Crippen molar-refractivity contribution in [1.29, 1.82) is 0 Å². The molecule has 98 valence electrons. The minimum absolute atomic E-state index is 0.299. The van der Waals surface area contributed by atoms with Crippen LogP contribution in [-0.2, 0) is 9.53 Å². The fourth-order valence-corrected chi connectivity index (χ4v) is 2.73. The van der Waals surface area contributed by atoms with Gasteiger partial charge in [-0.2, -0.15) is 0 Å². The number of carbonyl (C=O) groups is 1. The molecule has 3 nitrogen and oxygen atoms in total. The first-order chi connectivity index (χ1) is 8.63. The van der Waals surface area contributed by atoms with E-state index in [1.54, 1.807) is 12.1 Å². The fraction of sp³-hybridized carbons (Fsp3) is 0.500. The molecule has 3 atom stereocenters. The van der Waals surface area contributed by atoms with E-state index >= 15 is 0 Å². The number of esters is 1. The highest BCUT2D eigenvalue weighted by atomic mass is 19.1. The van der Waals surface area contributed by atoms with E-state index < -0.39 is 6.10 Å². The van der Waals surface area contributed by atoms with Gasteiger partial charge in [-0.1, -0.05) is 12.1 Å². The van der Waals surface area contributed by atoms with Gasteiger partial charge in [0.2, 0.25) is 0 Å². The van der Waals surface area contributed by atoms with Gasteiger partial charge in [-0.3, -0.25) is 4.79 Å². The van der Waals surface area contributed by atoms with E-state index in [2.05, 4.69) is 0 Å². The Morgan fingerprint density at radius 1 is 1.33 bits per heavy atom. The summed E-state index contributed by atoms with van der Waals surface area (Å²) in [5.74, 6) is -1.27. The molecule has 4 heteroatoms. The normalized spacial score (nSPS) is 27.8. The van der Waals surface area contributed by atoms with E-state index in [9.17, 15) is 14.3 Å². The standard InChI is InChI=1S/C14H17FO3/c1-18-14(17)11-3-2-4-12(16)13(11)9-5-7-10(15)8-6-9/h5-8,11-13,16H,2-4H2,1H3/t11-,12+,13+/m1/s1. The zero-order valence-corrected chi connectivity index (χ0v) is 10.3. The maximum Gasteiger partial charge on any atom is 0.309 e. The average Bonchev–Trinajstić information content (AvgIpc) is 2.39. The highest BCUT2D eigenvalue weighted by molar-refractivity contribution is 5.74. The van der Waals surface area contributed by atoms with Gasteiger partial charge in [-0.25, -0.2) is 4.39 Å². The molecule has 0 amide bonds. The molecule has 1 aliphatic carbocycles. The van der Waals surface area contributed by atoms with Crippen molar-refractivity contribution in [3.8, 4) is 0 Å². The molecule has 1 aromatic carbocycles. The lowest BCUT2D eigenvalue weighted by molar-refractivity contribution is -0.149. The van der Waals surface area contributed by atoms with E-state index in [1.807, 2.05) is 0 Å². The number of methoxy groups -OCH3 is 1. The van der Waals surface area contributed by atoms with Crippen molar-refractivity contribution >= 4 is 5.97 Å². The van der Waals surface area contributed by atoms with Gasteiger partial charge in [0.05, 0.1) is 19.1 Å². The van der Waals surface area contributed by atoms with Crippen LogP contribution < -0.4 is 0 Å². The van der Waals surface area contributed by atoms with Gasteiger partial charge in [0.1, 0.15) is 5.82 Å². The monoisotopic (exact) mass is 252 g/mol. The molecule has 18 heavy (non-hydrogen) atoms. The van der Waals surface area contributed by atoms with E-state index in [-0.39, 0.29) is 23.6 Å². The summed E-state index contributed by atoms with van der Waals surface area (Å²) >= 11 is 0. The summed E-state index contributed by atoms with van der Waals surface area (Å²) in [6.07, 6.45) is 1.59. The minimum atomic E-state index is -0.576. The second kappa shape index (κ2) is 5.48. The molecule has 0 bridgehead atoms. The van der Waals surface area contributed by atoms with Crippen LogP contribution in [0.4, 0.5) is 4.39 Å². The molecule has 1 aromatic rings. The number of rotatable bonds is 2. The van der Waals surface area contributed by atoms with Crippen LogP contribution in [-0.4, -0.2) is 24.3 Å². The Labute approximate surface area is 106 Å². The maximum atomic E-state index is 12.9. The van der Waals surface area contributed by atoms with E-state index in [4.69, 9.17) is 4.74 Å². The molecule has 0 aliphatic heterocycles. The van der Waals surface area contributed by atoms with Crippen LogP contribution in [0.2, 0.25) is 0 Å². The van der Waals surface area contributed by atoms with Crippen molar-refractivity contribution in [3.63, 3.8) is 0 Å². The van der Waals surface area contributed by atoms with Crippen LogP contribution in [0.1, 0.15) is 30.7 Å². The van der Waals surface area contributed by atoms with Gasteiger partial charge in [-0.05, 0) is 37.0 Å². The Hall–Kier alpha value is -1.42. The Bertz CT molecular complexity index is 416. The first kappa shape index (κ1) is 13.0. The van der Waals surface area contributed by atoms with Crippen molar-refractivity contribution in [2.75, 3.05) is 7.11 Å². The zero-order chi connectivity index (χ0) is 13.1. The zero-order valence-electron chi connectivity index (χ0n) is 10.3. The quantitative estimate of drug-likeness (QED) is 0.821. The number of aliphatic hydroxyl groups is 1. The predicted octanol–water partition coefficient (Wildman–Crippen LogP) is 2.24. The fourth-order valence-electron chi connectivity index (χ4n) is 2.73. The summed E-state index contributed by atoms with van der Waals surface area (Å²) in [6, 6.07) is 5.96. The molecule has 0 radical (unpaired) electrons. The number of hydrogen-bond acceptors (Lipinski definition) is 3. The molecule has 1 aliphatic rings. The first-order valence-electron chi connectivity index (χ1n) is 6.15. The summed E-state index contributed by atoms with van der Waals surface area (Å²) in [7, 11) is 1.35. The summed E-state index contributed by atoms with van der Waals surface area (Å²) in [5.41, 5.74) is 0.791. The van der Waals surface area contributed by atoms with Crippen molar-refractivity contribution in [1.82, 2.24) is 0 Å². The molecular weight excluding hydrogens is 235 g/mol. The molecular formula is C14H17FO3. The molecule has 1 saturated carbocycles. The van der Waals surface area contributed by atoms with Gasteiger partial charge >= 0.3 is 5.97 Å². The van der Waals surface area contributed by atoms with Gasteiger partial charge in [0, 0.05) is 5.92 Å². The molecule has 0 aromatic heterocycles. The van der Waals surface area contributed by atoms with Crippen LogP contribution in [0.15, 0.2) is 24.3 Å². The second-order valence-corrected chi connectivity index (χ2v) is 4.71. The SMILES string of the molecule is COC(=O)[C@@H]1CCC[C@H](O)[C@H]1c1ccc(F)cc1. The number of benzene rings is 1. The van der Waals surface area contributed by atoms with Crippen molar-refractivity contribution in [2.45, 2.75) is 31.3 Å². The molecule has 2 rings (SSSR count). The number of ether oxygens (including phenoxy) is 1. The summed E-state index contributed by atoms with van der Waals surface area (Å²) in [6.45, 7) is 0. The number of carbonyl (C=O) groups excluding carboxylic acids is 1. The van der Waals surface area contributed by atoms with Crippen molar-refractivity contribution in [2.24, 2.45) is 5.92 Å². The van der Waals surface area contributed by atoms with Gasteiger partial charge in [-0.15, -0.1) is 0 Å². The molecule has 0 saturated heterocycles. The Kier molecular flexibility index (Phi) is 3.97. The summed E-state index contributed by atoms with van der Waals surface area (Å²) < 4.78 is 17.7.